The summed E-state index contributed by atoms with van der Waals surface area (Å²) < 4.78 is 18.1. The van der Waals surface area contributed by atoms with Gasteiger partial charge in [0.2, 0.25) is 0 Å². The highest BCUT2D eigenvalue weighted by Crippen LogP contribution is 2.23. The molecule has 1 unspecified atom stereocenters. The molecule has 2 N–H and O–H groups in total. The molecule has 0 aliphatic heterocycles. The number of rotatable bonds is 6. The van der Waals surface area contributed by atoms with Crippen molar-refractivity contribution >= 4 is 16.7 Å². The number of aliphatic hydroxyl groups excluding tert-OH is 1. The smallest absolute Gasteiger partial charge is 0.258 e. The molecule has 128 valence electrons. The first kappa shape index (κ1) is 16.9. The molecule has 0 fully saturated rings. The highest BCUT2D eigenvalue weighted by atomic mass is 19.1. The summed E-state index contributed by atoms with van der Waals surface area (Å²) in [5.74, 6) is -0.315. The molecular weight excluding hydrogens is 321 g/mol. The summed E-state index contributed by atoms with van der Waals surface area (Å²) in [5, 5.41) is 15.0. The summed E-state index contributed by atoms with van der Waals surface area (Å²) in [6, 6.07) is 18.9. The second-order valence-electron chi connectivity index (χ2n) is 5.63. The van der Waals surface area contributed by atoms with Crippen LogP contribution in [0.4, 0.5) is 4.39 Å². The van der Waals surface area contributed by atoms with Gasteiger partial charge in [0.05, 0.1) is 6.10 Å². The zero-order valence-corrected chi connectivity index (χ0v) is 13.5. The molecule has 0 aromatic heterocycles. The van der Waals surface area contributed by atoms with Crippen LogP contribution in [0.25, 0.3) is 10.8 Å². The fraction of sp³-hybridized carbons (Fsp3) is 0.150. The first-order chi connectivity index (χ1) is 12.1. The highest BCUT2D eigenvalue weighted by Gasteiger charge is 2.12. The Bertz CT molecular complexity index is 859. The van der Waals surface area contributed by atoms with Gasteiger partial charge in [0.25, 0.3) is 5.91 Å². The second-order valence-corrected chi connectivity index (χ2v) is 5.63. The van der Waals surface area contributed by atoms with Gasteiger partial charge in [-0.15, -0.1) is 0 Å². The average molecular weight is 339 g/mol. The van der Waals surface area contributed by atoms with Gasteiger partial charge in [-0.2, -0.15) is 0 Å². The van der Waals surface area contributed by atoms with E-state index in [1.54, 1.807) is 0 Å². The van der Waals surface area contributed by atoms with Crippen molar-refractivity contribution in [1.82, 2.24) is 5.32 Å². The number of aliphatic hydroxyl groups is 1. The summed E-state index contributed by atoms with van der Waals surface area (Å²) in [5.41, 5.74) is 0.762. The van der Waals surface area contributed by atoms with Gasteiger partial charge in [-0.3, -0.25) is 4.79 Å². The Morgan fingerprint density at radius 2 is 1.76 bits per heavy atom. The molecule has 1 atom stereocenters. The average Bonchev–Trinajstić information content (AvgIpc) is 2.65. The maximum Gasteiger partial charge on any atom is 0.258 e. The number of carbonyl (C=O) groups excluding carboxylic acids is 1. The Morgan fingerprint density at radius 1 is 1.04 bits per heavy atom. The van der Waals surface area contributed by atoms with Gasteiger partial charge >= 0.3 is 0 Å². The highest BCUT2D eigenvalue weighted by molar-refractivity contribution is 5.86. The fourth-order valence-corrected chi connectivity index (χ4v) is 2.59. The molecule has 3 aromatic rings. The largest absolute Gasteiger partial charge is 0.484 e. The molecule has 0 heterocycles. The zero-order valence-electron chi connectivity index (χ0n) is 13.5. The molecular formula is C20H18FNO3. The Balaban J connectivity index is 1.55. The van der Waals surface area contributed by atoms with Crippen molar-refractivity contribution in [1.29, 1.82) is 0 Å². The van der Waals surface area contributed by atoms with Crippen LogP contribution in [0.5, 0.6) is 5.75 Å². The van der Waals surface area contributed by atoms with Crippen molar-refractivity contribution in [3.8, 4) is 5.75 Å². The third-order valence-corrected chi connectivity index (χ3v) is 3.86. The van der Waals surface area contributed by atoms with E-state index in [0.29, 0.717) is 5.75 Å². The van der Waals surface area contributed by atoms with E-state index in [2.05, 4.69) is 5.32 Å². The number of hydrogen-bond donors (Lipinski definition) is 2. The van der Waals surface area contributed by atoms with Gasteiger partial charge in [0.15, 0.2) is 6.61 Å². The van der Waals surface area contributed by atoms with Gasteiger partial charge in [-0.05, 0) is 40.6 Å². The molecule has 3 rings (SSSR count). The molecule has 5 heteroatoms. The summed E-state index contributed by atoms with van der Waals surface area (Å²) in [6.07, 6.45) is -0.819. The van der Waals surface area contributed by atoms with Gasteiger partial charge < -0.3 is 15.2 Å². The minimum Gasteiger partial charge on any atom is -0.484 e. The van der Waals surface area contributed by atoms with E-state index in [1.807, 2.05) is 42.5 Å². The van der Waals surface area contributed by atoms with Crippen LogP contribution < -0.4 is 10.1 Å². The quantitative estimate of drug-likeness (QED) is 0.725. The molecule has 0 bridgehead atoms. The van der Waals surface area contributed by atoms with Crippen LogP contribution in [0.2, 0.25) is 0 Å². The zero-order chi connectivity index (χ0) is 17.6. The molecule has 0 aliphatic rings. The van der Waals surface area contributed by atoms with Crippen LogP contribution in [0.15, 0.2) is 66.7 Å². The molecule has 0 saturated heterocycles. The first-order valence-corrected chi connectivity index (χ1v) is 7.94. The number of carbonyl (C=O) groups is 1. The van der Waals surface area contributed by atoms with Gasteiger partial charge in [-0.1, -0.05) is 42.5 Å². The summed E-state index contributed by atoms with van der Waals surface area (Å²) in [4.78, 5) is 11.9. The van der Waals surface area contributed by atoms with Crippen molar-refractivity contribution in [2.45, 2.75) is 6.10 Å². The lowest BCUT2D eigenvalue weighted by Gasteiger charge is -2.15. The van der Waals surface area contributed by atoms with E-state index in [-0.39, 0.29) is 24.9 Å². The van der Waals surface area contributed by atoms with Crippen LogP contribution in [0.3, 0.4) is 0 Å². The molecule has 0 aliphatic carbocycles. The first-order valence-electron chi connectivity index (χ1n) is 7.94. The van der Waals surface area contributed by atoms with Crippen LogP contribution in [-0.2, 0) is 4.79 Å². The molecule has 0 saturated carbocycles. The monoisotopic (exact) mass is 339 g/mol. The Hall–Kier alpha value is -2.92. The minimum atomic E-state index is -0.819. The number of ether oxygens (including phenoxy) is 1. The van der Waals surface area contributed by atoms with E-state index in [9.17, 15) is 14.3 Å². The number of halogens is 1. The lowest BCUT2D eigenvalue weighted by atomic mass is 10.0. The third kappa shape index (κ3) is 4.33. The predicted molar refractivity (Wildman–Crippen MR) is 93.8 cm³/mol. The lowest BCUT2D eigenvalue weighted by molar-refractivity contribution is -0.123. The number of hydrogen-bond acceptors (Lipinski definition) is 3. The molecule has 3 aromatic carbocycles. The van der Waals surface area contributed by atoms with Crippen LogP contribution >= 0.6 is 0 Å². The van der Waals surface area contributed by atoms with Gasteiger partial charge in [-0.25, -0.2) is 4.39 Å². The standard InChI is InChI=1S/C20H18FNO3/c21-15-8-10-16(11-9-15)25-13-20(24)22-12-19(23)18-7-3-5-14-4-1-2-6-17(14)18/h1-11,19,23H,12-13H2,(H,22,24). The fourth-order valence-electron chi connectivity index (χ4n) is 2.59. The lowest BCUT2D eigenvalue weighted by Crippen LogP contribution is -2.32. The van der Waals surface area contributed by atoms with Crippen molar-refractivity contribution in [3.63, 3.8) is 0 Å². The van der Waals surface area contributed by atoms with E-state index in [0.717, 1.165) is 16.3 Å². The van der Waals surface area contributed by atoms with E-state index < -0.39 is 6.10 Å². The molecule has 0 spiro atoms. The van der Waals surface area contributed by atoms with E-state index >= 15 is 0 Å². The normalized spacial score (nSPS) is 11.9. The van der Waals surface area contributed by atoms with Crippen LogP contribution in [0, 0.1) is 5.82 Å². The summed E-state index contributed by atoms with van der Waals surface area (Å²) in [6.45, 7) is -0.118. The summed E-state index contributed by atoms with van der Waals surface area (Å²) >= 11 is 0. The Labute approximate surface area is 144 Å². The van der Waals surface area contributed by atoms with Crippen LogP contribution in [0.1, 0.15) is 11.7 Å². The van der Waals surface area contributed by atoms with Gasteiger partial charge in [0, 0.05) is 6.54 Å². The molecule has 25 heavy (non-hydrogen) atoms. The van der Waals surface area contributed by atoms with Crippen molar-refractivity contribution < 1.29 is 19.0 Å². The SMILES string of the molecule is O=C(COc1ccc(F)cc1)NCC(O)c1cccc2ccccc12. The molecule has 0 radical (unpaired) electrons. The maximum atomic E-state index is 12.8. The molecule has 4 nitrogen and oxygen atoms in total. The van der Waals surface area contributed by atoms with Gasteiger partial charge in [0.1, 0.15) is 11.6 Å². The Kier molecular flexibility index (Phi) is 5.26. The number of fused-ring (bicyclic) bond motifs is 1. The van der Waals surface area contributed by atoms with E-state index in [1.165, 1.54) is 24.3 Å². The number of amides is 1. The van der Waals surface area contributed by atoms with Crippen molar-refractivity contribution in [2.75, 3.05) is 13.2 Å². The second kappa shape index (κ2) is 7.77. The maximum absolute atomic E-state index is 12.8. The third-order valence-electron chi connectivity index (χ3n) is 3.86. The number of nitrogens with one attached hydrogen (secondary N) is 1. The van der Waals surface area contributed by atoms with E-state index in [4.69, 9.17) is 4.74 Å². The topological polar surface area (TPSA) is 58.6 Å². The summed E-state index contributed by atoms with van der Waals surface area (Å²) in [7, 11) is 0. The number of benzene rings is 3. The van der Waals surface area contributed by atoms with Crippen LogP contribution in [-0.4, -0.2) is 24.2 Å². The molecule has 1 amide bonds. The minimum absolute atomic E-state index is 0.0830. The van der Waals surface area contributed by atoms with Crippen molar-refractivity contribution in [3.05, 3.63) is 78.1 Å². The van der Waals surface area contributed by atoms with Crippen molar-refractivity contribution in [2.24, 2.45) is 0 Å². The Morgan fingerprint density at radius 3 is 2.56 bits per heavy atom. The predicted octanol–water partition coefficient (Wildman–Crippen LogP) is 3.21.